The van der Waals surface area contributed by atoms with Crippen LogP contribution in [0.3, 0.4) is 0 Å². The molecule has 2 unspecified atom stereocenters. The first-order valence-corrected chi connectivity index (χ1v) is 6.32. The standard InChI is InChI=1S/C14H21N3/c1-10-6-3-2-4-9-17-14-11(13(10)16)7-5-8-12(14)15/h2-4,6,10,12H,5,7-9,15-16H2,1H3/b4-2-,6-3-,13-11+,17-14?. The van der Waals surface area contributed by atoms with Crippen LogP contribution in [0.2, 0.25) is 0 Å². The number of nitrogens with zero attached hydrogens (tertiary/aromatic N) is 1. The van der Waals surface area contributed by atoms with Crippen molar-refractivity contribution in [2.45, 2.75) is 32.2 Å². The Hall–Kier alpha value is -1.35. The lowest BCUT2D eigenvalue weighted by Gasteiger charge is -2.26. The van der Waals surface area contributed by atoms with Crippen molar-refractivity contribution in [3.8, 4) is 0 Å². The highest BCUT2D eigenvalue weighted by Gasteiger charge is 2.24. The van der Waals surface area contributed by atoms with Crippen LogP contribution in [0.15, 0.2) is 40.6 Å². The quantitative estimate of drug-likeness (QED) is 0.669. The van der Waals surface area contributed by atoms with E-state index in [1.165, 1.54) is 5.57 Å². The summed E-state index contributed by atoms with van der Waals surface area (Å²) >= 11 is 0. The lowest BCUT2D eigenvalue weighted by molar-refractivity contribution is 0.645. The molecule has 2 rings (SSSR count). The molecule has 0 spiro atoms. The van der Waals surface area contributed by atoms with E-state index in [-0.39, 0.29) is 12.0 Å². The summed E-state index contributed by atoms with van der Waals surface area (Å²) < 4.78 is 0. The zero-order valence-electron chi connectivity index (χ0n) is 10.4. The van der Waals surface area contributed by atoms with E-state index in [0.29, 0.717) is 6.54 Å². The molecule has 1 fully saturated rings. The number of hydrogen-bond donors (Lipinski definition) is 2. The fourth-order valence-electron chi connectivity index (χ4n) is 2.39. The minimum Gasteiger partial charge on any atom is -0.401 e. The molecule has 17 heavy (non-hydrogen) atoms. The van der Waals surface area contributed by atoms with Crippen molar-refractivity contribution in [1.29, 1.82) is 0 Å². The maximum absolute atomic E-state index is 6.25. The maximum Gasteiger partial charge on any atom is 0.0577 e. The predicted octanol–water partition coefficient (Wildman–Crippen LogP) is 1.91. The minimum absolute atomic E-state index is 0.0568. The molecule has 2 atom stereocenters. The molecule has 1 saturated carbocycles. The first kappa shape index (κ1) is 12.1. The average Bonchev–Trinajstić information content (AvgIpc) is 2.33. The lowest BCUT2D eigenvalue weighted by atomic mass is 9.85. The van der Waals surface area contributed by atoms with E-state index in [1.54, 1.807) is 0 Å². The number of rotatable bonds is 0. The number of allylic oxidation sites excluding steroid dienone is 3. The zero-order valence-corrected chi connectivity index (χ0v) is 10.4. The van der Waals surface area contributed by atoms with E-state index < -0.39 is 0 Å². The topological polar surface area (TPSA) is 64.4 Å². The van der Waals surface area contributed by atoms with Crippen molar-refractivity contribution < 1.29 is 0 Å². The Morgan fingerprint density at radius 2 is 2.18 bits per heavy atom. The number of aliphatic imine (C=N–C) groups is 1. The van der Waals surface area contributed by atoms with Crippen LogP contribution in [-0.2, 0) is 0 Å². The van der Waals surface area contributed by atoms with Gasteiger partial charge < -0.3 is 11.5 Å². The number of fused-ring (bicyclic) bond motifs is 1. The van der Waals surface area contributed by atoms with Crippen molar-refractivity contribution in [3.63, 3.8) is 0 Å². The molecule has 0 aromatic carbocycles. The Morgan fingerprint density at radius 3 is 3.00 bits per heavy atom. The molecule has 1 aliphatic heterocycles. The average molecular weight is 231 g/mol. The van der Waals surface area contributed by atoms with E-state index in [1.807, 2.05) is 12.2 Å². The molecule has 0 aromatic heterocycles. The Balaban J connectivity index is 2.42. The summed E-state index contributed by atoms with van der Waals surface area (Å²) in [6, 6.07) is 0.0568. The smallest absolute Gasteiger partial charge is 0.0577 e. The molecular formula is C14H21N3. The first-order chi connectivity index (χ1) is 8.20. The Kier molecular flexibility index (Phi) is 3.79. The highest BCUT2D eigenvalue weighted by Crippen LogP contribution is 2.25. The van der Waals surface area contributed by atoms with Crippen LogP contribution in [0.5, 0.6) is 0 Å². The highest BCUT2D eigenvalue weighted by molar-refractivity contribution is 6.05. The van der Waals surface area contributed by atoms with E-state index in [2.05, 4.69) is 24.1 Å². The van der Waals surface area contributed by atoms with Gasteiger partial charge >= 0.3 is 0 Å². The summed E-state index contributed by atoms with van der Waals surface area (Å²) in [5, 5.41) is 0. The fraction of sp³-hybridized carbons (Fsp3) is 0.500. The van der Waals surface area contributed by atoms with Crippen LogP contribution in [0, 0.1) is 5.92 Å². The summed E-state index contributed by atoms with van der Waals surface area (Å²) in [5.41, 5.74) is 15.6. The van der Waals surface area contributed by atoms with E-state index in [0.717, 1.165) is 30.7 Å². The Labute approximate surface area is 103 Å². The third-order valence-corrected chi connectivity index (χ3v) is 3.46. The normalized spacial score (nSPS) is 37.9. The predicted molar refractivity (Wildman–Crippen MR) is 72.8 cm³/mol. The van der Waals surface area contributed by atoms with Gasteiger partial charge in [-0.1, -0.05) is 31.2 Å². The molecule has 0 saturated heterocycles. The van der Waals surface area contributed by atoms with Gasteiger partial charge in [-0.15, -0.1) is 0 Å². The van der Waals surface area contributed by atoms with Crippen LogP contribution in [0.25, 0.3) is 0 Å². The van der Waals surface area contributed by atoms with Gasteiger partial charge in [-0.25, -0.2) is 0 Å². The molecule has 92 valence electrons. The first-order valence-electron chi connectivity index (χ1n) is 6.32. The summed E-state index contributed by atoms with van der Waals surface area (Å²) in [6.07, 6.45) is 11.4. The van der Waals surface area contributed by atoms with Crippen molar-refractivity contribution in [1.82, 2.24) is 0 Å². The summed E-state index contributed by atoms with van der Waals surface area (Å²) in [5.74, 6) is 0.253. The van der Waals surface area contributed by atoms with E-state index in [9.17, 15) is 0 Å². The van der Waals surface area contributed by atoms with Gasteiger partial charge in [0.2, 0.25) is 0 Å². The number of nitrogens with two attached hydrogens (primary N) is 2. The molecule has 2 aliphatic rings. The van der Waals surface area contributed by atoms with Gasteiger partial charge in [0.25, 0.3) is 0 Å². The summed E-state index contributed by atoms with van der Waals surface area (Å²) in [6.45, 7) is 2.81. The van der Waals surface area contributed by atoms with Gasteiger partial charge in [0.05, 0.1) is 12.3 Å². The Morgan fingerprint density at radius 1 is 1.35 bits per heavy atom. The van der Waals surface area contributed by atoms with Gasteiger partial charge in [-0.05, 0) is 24.8 Å². The van der Waals surface area contributed by atoms with Gasteiger partial charge in [0.15, 0.2) is 0 Å². The van der Waals surface area contributed by atoms with Crippen molar-refractivity contribution in [2.75, 3.05) is 6.54 Å². The van der Waals surface area contributed by atoms with Crippen LogP contribution in [-0.4, -0.2) is 18.3 Å². The molecule has 0 amide bonds. The molecule has 3 nitrogen and oxygen atoms in total. The SMILES string of the molecule is CC1/C=C\C=C/CN=C2/C(=C\1N)CCCC2N. The number of hydrogen-bond acceptors (Lipinski definition) is 3. The zero-order chi connectivity index (χ0) is 12.3. The molecule has 1 heterocycles. The van der Waals surface area contributed by atoms with Crippen LogP contribution < -0.4 is 11.5 Å². The minimum atomic E-state index is 0.0568. The summed E-state index contributed by atoms with van der Waals surface area (Å²) in [4.78, 5) is 4.61. The molecule has 4 N–H and O–H groups in total. The molecule has 0 radical (unpaired) electrons. The monoisotopic (exact) mass is 231 g/mol. The second-order valence-electron chi connectivity index (χ2n) is 4.76. The van der Waals surface area contributed by atoms with Crippen molar-refractivity contribution in [2.24, 2.45) is 22.4 Å². The fourth-order valence-corrected chi connectivity index (χ4v) is 2.39. The molecular weight excluding hydrogens is 210 g/mol. The summed E-state index contributed by atoms with van der Waals surface area (Å²) in [7, 11) is 0. The van der Waals surface area contributed by atoms with Crippen LogP contribution in [0.4, 0.5) is 0 Å². The maximum atomic E-state index is 6.25. The van der Waals surface area contributed by atoms with E-state index in [4.69, 9.17) is 11.5 Å². The van der Waals surface area contributed by atoms with Crippen molar-refractivity contribution in [3.05, 3.63) is 35.6 Å². The lowest BCUT2D eigenvalue weighted by Crippen LogP contribution is -2.37. The largest absolute Gasteiger partial charge is 0.401 e. The van der Waals surface area contributed by atoms with Crippen LogP contribution >= 0.6 is 0 Å². The molecule has 0 bridgehead atoms. The molecule has 3 heteroatoms. The second-order valence-corrected chi connectivity index (χ2v) is 4.76. The Bertz CT molecular complexity index is 402. The van der Waals surface area contributed by atoms with Gasteiger partial charge in [-0.2, -0.15) is 0 Å². The van der Waals surface area contributed by atoms with Crippen molar-refractivity contribution >= 4 is 5.71 Å². The third kappa shape index (κ3) is 2.67. The molecule has 0 aromatic rings. The van der Waals surface area contributed by atoms with E-state index >= 15 is 0 Å². The van der Waals surface area contributed by atoms with Gasteiger partial charge in [0, 0.05) is 17.7 Å². The second kappa shape index (κ2) is 5.32. The highest BCUT2D eigenvalue weighted by atomic mass is 14.8. The third-order valence-electron chi connectivity index (χ3n) is 3.46. The molecule has 1 aliphatic carbocycles. The van der Waals surface area contributed by atoms with Gasteiger partial charge in [-0.3, -0.25) is 4.99 Å². The van der Waals surface area contributed by atoms with Gasteiger partial charge in [0.1, 0.15) is 0 Å². The van der Waals surface area contributed by atoms with Crippen LogP contribution in [0.1, 0.15) is 26.2 Å².